The molecule has 0 amide bonds. The number of ether oxygens (including phenoxy) is 3. The quantitative estimate of drug-likeness (QED) is 0.413. The molecule has 144 valence electrons. The molecule has 1 heterocycles. The van der Waals surface area contributed by atoms with E-state index in [0.29, 0.717) is 25.0 Å². The minimum Gasteiger partial charge on any atom is -0.378 e. The molecule has 1 aliphatic rings. The molecular formula is C18H39N3O3. The van der Waals surface area contributed by atoms with E-state index in [-0.39, 0.29) is 6.10 Å². The van der Waals surface area contributed by atoms with Gasteiger partial charge in [0.15, 0.2) is 5.79 Å². The van der Waals surface area contributed by atoms with E-state index >= 15 is 0 Å². The lowest BCUT2D eigenvalue weighted by atomic mass is 9.83. The molecule has 6 N–H and O–H groups in total. The van der Waals surface area contributed by atoms with Crippen LogP contribution in [0.1, 0.15) is 52.4 Å². The maximum Gasteiger partial charge on any atom is 0.163 e. The van der Waals surface area contributed by atoms with Crippen molar-refractivity contribution in [2.45, 2.75) is 64.3 Å². The molecular weight excluding hydrogens is 306 g/mol. The molecule has 0 radical (unpaired) electrons. The Morgan fingerprint density at radius 3 is 2.25 bits per heavy atom. The molecule has 24 heavy (non-hydrogen) atoms. The van der Waals surface area contributed by atoms with Crippen LogP contribution in [0.2, 0.25) is 0 Å². The van der Waals surface area contributed by atoms with Crippen LogP contribution in [0.15, 0.2) is 0 Å². The lowest BCUT2D eigenvalue weighted by Gasteiger charge is -2.27. The highest BCUT2D eigenvalue weighted by molar-refractivity contribution is 4.74. The minimum absolute atomic E-state index is 0.0281. The molecule has 1 rings (SSSR count). The van der Waals surface area contributed by atoms with Crippen molar-refractivity contribution < 1.29 is 14.2 Å². The van der Waals surface area contributed by atoms with E-state index < -0.39 is 5.79 Å². The molecule has 0 aromatic carbocycles. The highest BCUT2D eigenvalue weighted by atomic mass is 16.7. The van der Waals surface area contributed by atoms with Gasteiger partial charge in [0.1, 0.15) is 6.10 Å². The third-order valence-electron chi connectivity index (χ3n) is 4.72. The van der Waals surface area contributed by atoms with E-state index in [9.17, 15) is 0 Å². The van der Waals surface area contributed by atoms with Gasteiger partial charge in [-0.05, 0) is 71.0 Å². The van der Waals surface area contributed by atoms with Crippen LogP contribution >= 0.6 is 0 Å². The predicted molar refractivity (Wildman–Crippen MR) is 97.6 cm³/mol. The van der Waals surface area contributed by atoms with Gasteiger partial charge in [-0.2, -0.15) is 0 Å². The maximum atomic E-state index is 5.99. The van der Waals surface area contributed by atoms with Gasteiger partial charge < -0.3 is 31.4 Å². The van der Waals surface area contributed by atoms with Gasteiger partial charge in [-0.1, -0.05) is 12.8 Å². The van der Waals surface area contributed by atoms with Gasteiger partial charge >= 0.3 is 0 Å². The number of hydrogen-bond donors (Lipinski definition) is 3. The average Bonchev–Trinajstić information content (AvgIpc) is 2.89. The van der Waals surface area contributed by atoms with Gasteiger partial charge in [-0.15, -0.1) is 0 Å². The largest absolute Gasteiger partial charge is 0.378 e. The molecule has 3 unspecified atom stereocenters. The van der Waals surface area contributed by atoms with Gasteiger partial charge in [0.2, 0.25) is 0 Å². The molecule has 0 spiro atoms. The monoisotopic (exact) mass is 345 g/mol. The van der Waals surface area contributed by atoms with Gasteiger partial charge in [0.05, 0.1) is 13.2 Å². The zero-order chi connectivity index (χ0) is 17.8. The Labute approximate surface area is 147 Å². The molecule has 0 aromatic heterocycles. The van der Waals surface area contributed by atoms with E-state index in [4.69, 9.17) is 31.4 Å². The zero-order valence-corrected chi connectivity index (χ0v) is 15.7. The summed E-state index contributed by atoms with van der Waals surface area (Å²) in [6, 6.07) is 0. The van der Waals surface area contributed by atoms with Gasteiger partial charge in [0, 0.05) is 6.61 Å². The van der Waals surface area contributed by atoms with Crippen molar-refractivity contribution in [3.63, 3.8) is 0 Å². The lowest BCUT2D eigenvalue weighted by molar-refractivity contribution is -0.146. The first kappa shape index (κ1) is 21.8. The normalized spacial score (nSPS) is 22.6. The second-order valence-corrected chi connectivity index (χ2v) is 7.30. The summed E-state index contributed by atoms with van der Waals surface area (Å²) >= 11 is 0. The zero-order valence-electron chi connectivity index (χ0n) is 15.7. The molecule has 1 aliphatic heterocycles. The van der Waals surface area contributed by atoms with Crippen molar-refractivity contribution in [3.05, 3.63) is 0 Å². The smallest absolute Gasteiger partial charge is 0.163 e. The van der Waals surface area contributed by atoms with Gasteiger partial charge in [-0.3, -0.25) is 0 Å². The first-order valence-corrected chi connectivity index (χ1v) is 9.52. The maximum absolute atomic E-state index is 5.99. The molecule has 0 saturated carbocycles. The van der Waals surface area contributed by atoms with Crippen LogP contribution in [0.25, 0.3) is 0 Å². The fraction of sp³-hybridized carbons (Fsp3) is 1.00. The van der Waals surface area contributed by atoms with Crippen LogP contribution in [-0.4, -0.2) is 51.3 Å². The third kappa shape index (κ3) is 8.74. The van der Waals surface area contributed by atoms with Crippen LogP contribution in [-0.2, 0) is 14.2 Å². The summed E-state index contributed by atoms with van der Waals surface area (Å²) in [6.45, 7) is 8.01. The number of unbranched alkanes of at least 4 members (excludes halogenated alkanes) is 1. The molecule has 0 aromatic rings. The first-order chi connectivity index (χ1) is 11.5. The van der Waals surface area contributed by atoms with Crippen molar-refractivity contribution in [1.29, 1.82) is 0 Å². The van der Waals surface area contributed by atoms with E-state index in [1.54, 1.807) is 0 Å². The number of nitrogens with two attached hydrogens (primary N) is 3. The highest BCUT2D eigenvalue weighted by Crippen LogP contribution is 2.27. The molecule has 0 bridgehead atoms. The Bertz CT molecular complexity index is 316. The van der Waals surface area contributed by atoms with Crippen molar-refractivity contribution in [2.24, 2.45) is 29.0 Å². The van der Waals surface area contributed by atoms with Crippen LogP contribution in [0.5, 0.6) is 0 Å². The summed E-state index contributed by atoms with van der Waals surface area (Å²) in [5.41, 5.74) is 17.2. The Balaban J connectivity index is 2.42. The van der Waals surface area contributed by atoms with E-state index in [1.807, 2.05) is 13.8 Å². The van der Waals surface area contributed by atoms with E-state index in [0.717, 1.165) is 58.3 Å². The topological polar surface area (TPSA) is 106 Å². The van der Waals surface area contributed by atoms with E-state index in [1.165, 1.54) is 6.42 Å². The van der Waals surface area contributed by atoms with Crippen molar-refractivity contribution in [1.82, 2.24) is 0 Å². The van der Waals surface area contributed by atoms with Crippen LogP contribution in [0.3, 0.4) is 0 Å². The van der Waals surface area contributed by atoms with Crippen molar-refractivity contribution in [2.75, 3.05) is 39.5 Å². The molecule has 1 fully saturated rings. The van der Waals surface area contributed by atoms with E-state index in [2.05, 4.69) is 0 Å². The average molecular weight is 346 g/mol. The van der Waals surface area contributed by atoms with Gasteiger partial charge in [-0.25, -0.2) is 0 Å². The lowest BCUT2D eigenvalue weighted by Crippen LogP contribution is -2.28. The summed E-state index contributed by atoms with van der Waals surface area (Å²) < 4.78 is 17.4. The van der Waals surface area contributed by atoms with Crippen molar-refractivity contribution in [3.8, 4) is 0 Å². The summed E-state index contributed by atoms with van der Waals surface area (Å²) in [4.78, 5) is 0. The molecule has 0 aliphatic carbocycles. The second kappa shape index (κ2) is 12.2. The third-order valence-corrected chi connectivity index (χ3v) is 4.72. The standard InChI is InChI=1S/C18H39N3O3/c1-18(2)23-14-17(24-18)13-22-12-16(7-5-10-20)15(8-11-21)6-3-4-9-19/h15-17H,3-14,19-21H2,1-2H3. The summed E-state index contributed by atoms with van der Waals surface area (Å²) in [5, 5.41) is 0. The highest BCUT2D eigenvalue weighted by Gasteiger charge is 2.33. The fourth-order valence-corrected chi connectivity index (χ4v) is 3.41. The molecule has 6 nitrogen and oxygen atoms in total. The van der Waals surface area contributed by atoms with Crippen LogP contribution in [0.4, 0.5) is 0 Å². The van der Waals surface area contributed by atoms with Gasteiger partial charge in [0.25, 0.3) is 0 Å². The number of rotatable bonds is 14. The second-order valence-electron chi connectivity index (χ2n) is 7.30. The predicted octanol–water partition coefficient (Wildman–Crippen LogP) is 1.60. The Hall–Kier alpha value is -0.240. The Kier molecular flexibility index (Phi) is 11.1. The molecule has 6 heteroatoms. The van der Waals surface area contributed by atoms with Crippen molar-refractivity contribution >= 4 is 0 Å². The Morgan fingerprint density at radius 1 is 0.958 bits per heavy atom. The van der Waals surface area contributed by atoms with Crippen LogP contribution < -0.4 is 17.2 Å². The summed E-state index contributed by atoms with van der Waals surface area (Å²) in [5.74, 6) is 0.604. The minimum atomic E-state index is -0.489. The fourth-order valence-electron chi connectivity index (χ4n) is 3.41. The summed E-state index contributed by atoms with van der Waals surface area (Å²) in [6.07, 6.45) is 6.60. The molecule has 1 saturated heterocycles. The first-order valence-electron chi connectivity index (χ1n) is 9.52. The van der Waals surface area contributed by atoms with Crippen LogP contribution in [0, 0.1) is 11.8 Å². The SMILES string of the molecule is CC1(C)OCC(COCC(CCCN)C(CCN)CCCCN)O1. The Morgan fingerprint density at radius 2 is 1.67 bits per heavy atom. The summed E-state index contributed by atoms with van der Waals surface area (Å²) in [7, 11) is 0. The number of hydrogen-bond acceptors (Lipinski definition) is 6. The molecule has 3 atom stereocenters.